The Morgan fingerprint density at radius 2 is 1.93 bits per heavy atom. The normalized spacial score (nSPS) is 14.9. The molecule has 1 aliphatic rings. The van der Waals surface area contributed by atoms with E-state index in [-0.39, 0.29) is 24.0 Å². The van der Waals surface area contributed by atoms with Crippen LogP contribution < -0.4 is 10.6 Å². The number of benzene rings is 1. The van der Waals surface area contributed by atoms with E-state index < -0.39 is 0 Å². The third kappa shape index (κ3) is 4.56. The molecule has 1 saturated heterocycles. The maximum absolute atomic E-state index is 6.20. The lowest BCUT2D eigenvalue weighted by Gasteiger charge is -2.35. The first-order valence-corrected chi connectivity index (χ1v) is 9.33. The Morgan fingerprint density at radius 1 is 1.15 bits per heavy atom. The molecule has 0 saturated carbocycles. The highest BCUT2D eigenvalue weighted by Gasteiger charge is 2.20. The average Bonchev–Trinajstić information content (AvgIpc) is 3.39. The summed E-state index contributed by atoms with van der Waals surface area (Å²) in [6.07, 6.45) is 3.54. The predicted octanol–water partition coefficient (Wildman–Crippen LogP) is 1.98. The monoisotopic (exact) mass is 496 g/mol. The molecule has 0 amide bonds. The van der Waals surface area contributed by atoms with Crippen molar-refractivity contribution in [3.8, 4) is 5.69 Å². The molecule has 8 nitrogen and oxygen atoms in total. The maximum atomic E-state index is 6.20. The van der Waals surface area contributed by atoms with E-state index in [4.69, 9.17) is 5.73 Å². The van der Waals surface area contributed by atoms with Crippen molar-refractivity contribution >= 4 is 46.4 Å². The van der Waals surface area contributed by atoms with E-state index in [0.29, 0.717) is 12.5 Å². The summed E-state index contributed by atoms with van der Waals surface area (Å²) in [5, 5.41) is 11.2. The van der Waals surface area contributed by atoms with Gasteiger partial charge in [-0.25, -0.2) is 9.98 Å². The summed E-state index contributed by atoms with van der Waals surface area (Å²) in [4.78, 5) is 13.3. The van der Waals surface area contributed by atoms with Crippen LogP contribution in [0.4, 0.5) is 5.13 Å². The van der Waals surface area contributed by atoms with E-state index in [1.807, 2.05) is 46.5 Å². The first kappa shape index (κ1) is 19.5. The fraction of sp³-hybridized carbons (Fsp3) is 0.294. The molecule has 3 aromatic rings. The molecule has 142 valence electrons. The van der Waals surface area contributed by atoms with E-state index in [1.54, 1.807) is 17.7 Å². The summed E-state index contributed by atoms with van der Waals surface area (Å²) in [5.41, 5.74) is 7.22. The van der Waals surface area contributed by atoms with Gasteiger partial charge < -0.3 is 15.5 Å². The smallest absolute Gasteiger partial charge is 0.191 e. The van der Waals surface area contributed by atoms with Crippen molar-refractivity contribution in [2.45, 2.75) is 6.54 Å². The zero-order valence-corrected chi connectivity index (χ0v) is 17.8. The maximum Gasteiger partial charge on any atom is 0.191 e. The molecule has 0 bridgehead atoms. The lowest BCUT2D eigenvalue weighted by atomic mass is 10.3. The number of thiazole rings is 1. The van der Waals surface area contributed by atoms with Crippen LogP contribution in [-0.2, 0) is 6.54 Å². The van der Waals surface area contributed by atoms with Crippen LogP contribution in [0.2, 0.25) is 0 Å². The van der Waals surface area contributed by atoms with Crippen molar-refractivity contribution in [3.63, 3.8) is 0 Å². The number of para-hydroxylation sites is 1. The van der Waals surface area contributed by atoms with Crippen molar-refractivity contribution in [2.24, 2.45) is 10.7 Å². The Labute approximate surface area is 178 Å². The topological polar surface area (TPSA) is 88.5 Å². The third-order valence-electron chi connectivity index (χ3n) is 4.33. The number of hydrogen-bond donors (Lipinski definition) is 1. The van der Waals surface area contributed by atoms with E-state index in [0.717, 1.165) is 42.8 Å². The van der Waals surface area contributed by atoms with Crippen LogP contribution in [0.5, 0.6) is 0 Å². The quantitative estimate of drug-likeness (QED) is 0.338. The number of nitrogens with two attached hydrogens (primary N) is 1. The number of aromatic nitrogens is 4. The number of rotatable bonds is 4. The highest BCUT2D eigenvalue weighted by Crippen LogP contribution is 2.18. The number of hydrogen-bond acceptors (Lipinski definition) is 6. The van der Waals surface area contributed by atoms with Gasteiger partial charge >= 0.3 is 0 Å². The van der Waals surface area contributed by atoms with Gasteiger partial charge in [0.05, 0.1) is 0 Å². The molecular formula is C17H21IN8S. The lowest BCUT2D eigenvalue weighted by Crippen LogP contribution is -2.51. The third-order valence-corrected chi connectivity index (χ3v) is 5.16. The van der Waals surface area contributed by atoms with Crippen molar-refractivity contribution in [1.82, 2.24) is 24.6 Å². The second kappa shape index (κ2) is 9.13. The Kier molecular flexibility index (Phi) is 6.61. The molecule has 0 atom stereocenters. The van der Waals surface area contributed by atoms with Crippen LogP contribution >= 0.6 is 35.3 Å². The Balaban J connectivity index is 0.00000210. The standard InChI is InChI=1S/C17H20N8S.HI/c18-16(23-7-9-24(10-8-23)17-19-6-11-26-17)20-12-15-22-21-13-25(15)14-4-2-1-3-5-14;/h1-6,11,13H,7-10,12H2,(H2,18,20);1H. The van der Waals surface area contributed by atoms with Gasteiger partial charge in [0.15, 0.2) is 16.9 Å². The van der Waals surface area contributed by atoms with Gasteiger partial charge in [0.25, 0.3) is 0 Å². The number of anilines is 1. The summed E-state index contributed by atoms with van der Waals surface area (Å²) in [6.45, 7) is 3.85. The average molecular weight is 496 g/mol. The van der Waals surface area contributed by atoms with E-state index in [9.17, 15) is 0 Å². The second-order valence-electron chi connectivity index (χ2n) is 5.92. The SMILES string of the molecule is I.NC(=NCc1nncn1-c1ccccc1)N1CCN(c2nccs2)CC1. The van der Waals surface area contributed by atoms with E-state index in [1.165, 1.54) is 0 Å². The minimum absolute atomic E-state index is 0. The molecule has 0 spiro atoms. The van der Waals surface area contributed by atoms with Crippen LogP contribution in [-0.4, -0.2) is 56.8 Å². The molecule has 4 rings (SSSR count). The predicted molar refractivity (Wildman–Crippen MR) is 118 cm³/mol. The van der Waals surface area contributed by atoms with Crippen LogP contribution in [0.15, 0.2) is 53.2 Å². The van der Waals surface area contributed by atoms with Gasteiger partial charge in [-0.2, -0.15) is 0 Å². The summed E-state index contributed by atoms with van der Waals surface area (Å²) >= 11 is 1.66. The first-order chi connectivity index (χ1) is 12.8. The van der Waals surface area contributed by atoms with Crippen molar-refractivity contribution in [1.29, 1.82) is 0 Å². The highest BCUT2D eigenvalue weighted by atomic mass is 127. The fourth-order valence-corrected chi connectivity index (χ4v) is 3.62. The zero-order valence-electron chi connectivity index (χ0n) is 14.7. The summed E-state index contributed by atoms with van der Waals surface area (Å²) in [5.74, 6) is 1.31. The first-order valence-electron chi connectivity index (χ1n) is 8.45. The van der Waals surface area contributed by atoms with Gasteiger partial charge in [0.2, 0.25) is 0 Å². The Bertz CT molecular complexity index is 856. The molecule has 27 heavy (non-hydrogen) atoms. The minimum Gasteiger partial charge on any atom is -0.370 e. The number of piperazine rings is 1. The van der Waals surface area contributed by atoms with Crippen molar-refractivity contribution in [2.75, 3.05) is 31.1 Å². The molecule has 2 N–H and O–H groups in total. The van der Waals surface area contributed by atoms with Gasteiger partial charge in [-0.3, -0.25) is 4.57 Å². The minimum atomic E-state index is 0. The molecule has 2 aromatic heterocycles. The van der Waals surface area contributed by atoms with E-state index in [2.05, 4.69) is 30.0 Å². The van der Waals surface area contributed by atoms with Crippen LogP contribution in [0.3, 0.4) is 0 Å². The van der Waals surface area contributed by atoms with Crippen LogP contribution in [0.1, 0.15) is 5.82 Å². The Morgan fingerprint density at radius 3 is 2.63 bits per heavy atom. The van der Waals surface area contributed by atoms with Gasteiger partial charge in [-0.05, 0) is 12.1 Å². The molecular weight excluding hydrogens is 475 g/mol. The van der Waals surface area contributed by atoms with E-state index >= 15 is 0 Å². The summed E-state index contributed by atoms with van der Waals surface area (Å²) in [7, 11) is 0. The van der Waals surface area contributed by atoms with Gasteiger partial charge in [-0.15, -0.1) is 45.5 Å². The zero-order chi connectivity index (χ0) is 17.8. The molecule has 1 aromatic carbocycles. The molecule has 0 unspecified atom stereocenters. The highest BCUT2D eigenvalue weighted by molar-refractivity contribution is 14.0. The molecule has 1 fully saturated rings. The summed E-state index contributed by atoms with van der Waals surface area (Å²) in [6, 6.07) is 9.97. The Hall–Kier alpha value is -2.21. The number of guanidine groups is 1. The number of halogens is 1. The second-order valence-corrected chi connectivity index (χ2v) is 6.79. The number of aliphatic imine (C=N–C) groups is 1. The fourth-order valence-electron chi connectivity index (χ4n) is 2.92. The molecule has 0 aliphatic carbocycles. The number of nitrogens with zero attached hydrogens (tertiary/aromatic N) is 7. The molecule has 10 heteroatoms. The van der Waals surface area contributed by atoms with Crippen LogP contribution in [0, 0.1) is 0 Å². The lowest BCUT2D eigenvalue weighted by molar-refractivity contribution is 0.380. The molecule has 3 heterocycles. The molecule has 0 radical (unpaired) electrons. The van der Waals surface area contributed by atoms with Crippen molar-refractivity contribution < 1.29 is 0 Å². The van der Waals surface area contributed by atoms with Crippen molar-refractivity contribution in [3.05, 3.63) is 54.1 Å². The largest absolute Gasteiger partial charge is 0.370 e. The van der Waals surface area contributed by atoms with Gasteiger partial charge in [0.1, 0.15) is 12.9 Å². The van der Waals surface area contributed by atoms with Gasteiger partial charge in [-0.1, -0.05) is 18.2 Å². The molecule has 1 aliphatic heterocycles. The van der Waals surface area contributed by atoms with Crippen LogP contribution in [0.25, 0.3) is 5.69 Å². The van der Waals surface area contributed by atoms with Gasteiger partial charge in [0, 0.05) is 43.4 Å². The summed E-state index contributed by atoms with van der Waals surface area (Å²) < 4.78 is 1.93.